The number of H-pyrrole nitrogens is 1. The van der Waals surface area contributed by atoms with Gasteiger partial charge in [0.2, 0.25) is 17.7 Å². The van der Waals surface area contributed by atoms with Crippen LogP contribution < -0.4 is 16.0 Å². The molecular formula is C49H57FN12O7S. The number of nitrogens with zero attached hydrogens (tertiary/aromatic N) is 8. The van der Waals surface area contributed by atoms with E-state index in [1.54, 1.807) is 61.7 Å². The third-order valence-corrected chi connectivity index (χ3v) is 14.0. The molecular weight excluding hydrogens is 920 g/mol. The Morgan fingerprint density at radius 1 is 0.986 bits per heavy atom. The lowest BCUT2D eigenvalue weighted by Gasteiger charge is -2.37. The largest absolute Gasteiger partial charge is 0.391 e. The predicted octanol–water partition coefficient (Wildman–Crippen LogP) is 4.21. The summed E-state index contributed by atoms with van der Waals surface area (Å²) in [5.41, 5.74) is 7.30. The first-order valence-electron chi connectivity index (χ1n) is 23.4. The molecule has 3 aliphatic rings. The number of imidazole rings is 1. The average molecular weight is 977 g/mol. The van der Waals surface area contributed by atoms with Gasteiger partial charge >= 0.3 is 0 Å². The van der Waals surface area contributed by atoms with Crippen LogP contribution in [-0.4, -0.2) is 148 Å². The number of benzene rings is 2. The fraction of sp³-hybridized carbons (Fsp3) is 0.429. The summed E-state index contributed by atoms with van der Waals surface area (Å²) in [5, 5.41) is 37.7. The van der Waals surface area contributed by atoms with Crippen molar-refractivity contribution in [2.24, 2.45) is 5.41 Å². The van der Waals surface area contributed by atoms with E-state index >= 15 is 4.39 Å². The molecule has 0 spiro atoms. The van der Waals surface area contributed by atoms with E-state index in [1.807, 2.05) is 47.3 Å². The SMILES string of the molecule is Cc1ncsc1-c1ccc(CNC(O)[C@@H]2C[C@@H](O)CN2C(=O)[C@@H](NC(=O)COCC(=O)N2CCN(C(=O)c3ccc(Nc4nc(C5CC5)cn5c(-c6cn[nH]c6)cnc45)c(F)c3)CC2)C(C)(C)C)cc1. The van der Waals surface area contributed by atoms with Gasteiger partial charge in [-0.25, -0.2) is 19.3 Å². The third kappa shape index (κ3) is 10.7. The van der Waals surface area contributed by atoms with E-state index in [1.165, 1.54) is 21.9 Å². The van der Waals surface area contributed by atoms with Gasteiger partial charge < -0.3 is 40.3 Å². The zero-order valence-electron chi connectivity index (χ0n) is 39.4. The van der Waals surface area contributed by atoms with E-state index in [9.17, 15) is 29.4 Å². The van der Waals surface area contributed by atoms with E-state index in [4.69, 9.17) is 9.72 Å². The van der Waals surface area contributed by atoms with Crippen LogP contribution in [0.4, 0.5) is 15.9 Å². The molecule has 4 amide bonds. The first-order chi connectivity index (χ1) is 33.6. The summed E-state index contributed by atoms with van der Waals surface area (Å²) in [6, 6.07) is 10.4. The second-order valence-electron chi connectivity index (χ2n) is 19.2. The molecule has 2 aliphatic heterocycles. The number of ether oxygens (including phenoxy) is 1. The average Bonchev–Trinajstić information content (AvgIpc) is 3.66. The summed E-state index contributed by atoms with van der Waals surface area (Å²) in [6.45, 7) is 7.56. The van der Waals surface area contributed by atoms with E-state index in [-0.39, 0.29) is 62.2 Å². The smallest absolute Gasteiger partial charge is 0.254 e. The number of carbonyl (C=O) groups is 4. The lowest BCUT2D eigenvalue weighted by molar-refractivity contribution is -0.145. The van der Waals surface area contributed by atoms with Gasteiger partial charge in [0.05, 0.1) is 57.7 Å². The fourth-order valence-corrected chi connectivity index (χ4v) is 9.75. The number of thiazole rings is 1. The van der Waals surface area contributed by atoms with Gasteiger partial charge in [-0.1, -0.05) is 45.0 Å². The van der Waals surface area contributed by atoms with Crippen LogP contribution in [0.25, 0.3) is 27.3 Å². The maximum atomic E-state index is 15.7. The molecule has 3 fully saturated rings. The summed E-state index contributed by atoms with van der Waals surface area (Å²) < 4.78 is 23.1. The molecule has 0 bridgehead atoms. The minimum Gasteiger partial charge on any atom is -0.391 e. The van der Waals surface area contributed by atoms with Gasteiger partial charge in [-0.3, -0.25) is 34.0 Å². The van der Waals surface area contributed by atoms with Gasteiger partial charge in [0.1, 0.15) is 31.3 Å². The maximum absolute atomic E-state index is 15.7. The Morgan fingerprint density at radius 3 is 2.41 bits per heavy atom. The highest BCUT2D eigenvalue weighted by molar-refractivity contribution is 7.13. The standard InChI is InChI=1S/C49H57FN12O7S/c1-28-42(70-27-53-28)31-7-5-29(6-8-31)19-52-46(66)38-18-34(63)23-62(38)48(68)43(49(2,3)4)58-40(64)25-69-26-41(65)59-13-15-60(16-14-59)47(67)32-11-12-36(35(50)17-32)56-44-45-51-22-39(33-20-54-55-21-33)61(45)24-37(57-44)30-9-10-30/h5-8,11-12,17,20-22,24,27,30,34,38,43,46,52,63,66H,9-10,13-16,18-19,23,25-26H2,1-4H3,(H,54,55)(H,56,57)(H,58,64)/t34-,38+,43-,46?/m1/s1. The second-order valence-corrected chi connectivity index (χ2v) is 20.1. The number of hydrogen-bond donors (Lipinski definition) is 6. The maximum Gasteiger partial charge on any atom is 0.254 e. The van der Waals surface area contributed by atoms with Gasteiger partial charge in [0, 0.05) is 68.7 Å². The summed E-state index contributed by atoms with van der Waals surface area (Å²) in [4.78, 5) is 73.3. The number of hydrogen-bond acceptors (Lipinski definition) is 14. The number of nitrogens with one attached hydrogen (secondary N) is 4. The fourth-order valence-electron chi connectivity index (χ4n) is 8.94. The van der Waals surface area contributed by atoms with Crippen molar-refractivity contribution < 1.29 is 38.5 Å². The number of rotatable bonds is 16. The van der Waals surface area contributed by atoms with E-state index < -0.39 is 60.7 Å². The van der Waals surface area contributed by atoms with Crippen molar-refractivity contribution in [2.45, 2.75) is 83.8 Å². The third-order valence-electron chi connectivity index (χ3n) is 13.0. The van der Waals surface area contributed by atoms with Gasteiger partial charge in [-0.05, 0) is 60.9 Å². The molecule has 6 aromatic rings. The van der Waals surface area contributed by atoms with Crippen LogP contribution in [0.2, 0.25) is 0 Å². The summed E-state index contributed by atoms with van der Waals surface area (Å²) >= 11 is 1.57. The Kier molecular flexibility index (Phi) is 14.1. The number of aliphatic hydroxyl groups excluding tert-OH is 2. The number of aryl methyl sites for hydroxylation is 1. The molecule has 9 rings (SSSR count). The quantitative estimate of drug-likeness (QED) is 0.0747. The number of halogens is 1. The molecule has 4 atom stereocenters. The number of piperazine rings is 1. The number of anilines is 2. The Bertz CT molecular complexity index is 2850. The molecule has 2 saturated heterocycles. The normalized spacial score (nSPS) is 18.3. The molecule has 19 nitrogen and oxygen atoms in total. The lowest BCUT2D eigenvalue weighted by atomic mass is 9.85. The highest BCUT2D eigenvalue weighted by Gasteiger charge is 2.44. The summed E-state index contributed by atoms with van der Waals surface area (Å²) in [7, 11) is 0. The molecule has 368 valence electrons. The number of aliphatic hydroxyl groups is 2. The van der Waals surface area contributed by atoms with Crippen LogP contribution in [0, 0.1) is 18.2 Å². The van der Waals surface area contributed by atoms with Crippen molar-refractivity contribution in [1.82, 2.24) is 54.9 Å². The number of aromatic nitrogens is 6. The summed E-state index contributed by atoms with van der Waals surface area (Å²) in [6.07, 6.45) is 7.30. The molecule has 1 unspecified atom stereocenters. The van der Waals surface area contributed by atoms with Gasteiger partial charge in [-0.2, -0.15) is 5.10 Å². The second kappa shape index (κ2) is 20.4. The zero-order valence-corrected chi connectivity index (χ0v) is 40.2. The lowest BCUT2D eigenvalue weighted by Crippen LogP contribution is -2.59. The molecule has 21 heteroatoms. The minimum atomic E-state index is -1.16. The molecule has 4 aromatic heterocycles. The van der Waals surface area contributed by atoms with E-state index in [2.05, 4.69) is 36.1 Å². The van der Waals surface area contributed by atoms with E-state index in [0.29, 0.717) is 23.9 Å². The Hall–Kier alpha value is -6.65. The first-order valence-corrected chi connectivity index (χ1v) is 24.3. The van der Waals surface area contributed by atoms with Crippen LogP contribution in [-0.2, 0) is 25.7 Å². The number of aromatic amines is 1. The first kappa shape index (κ1) is 48.4. The number of amides is 4. The number of fused-ring (bicyclic) bond motifs is 1. The molecule has 0 radical (unpaired) electrons. The van der Waals surface area contributed by atoms with Crippen molar-refractivity contribution in [3.8, 4) is 21.7 Å². The highest BCUT2D eigenvalue weighted by atomic mass is 32.1. The number of carbonyl (C=O) groups excluding carboxylic acids is 4. The molecule has 1 saturated carbocycles. The van der Waals surface area contributed by atoms with Gasteiger partial charge in [0.15, 0.2) is 11.5 Å². The van der Waals surface area contributed by atoms with E-state index in [0.717, 1.165) is 51.5 Å². The van der Waals surface area contributed by atoms with Crippen LogP contribution in [0.1, 0.15) is 73.3 Å². The Balaban J connectivity index is 0.735. The molecule has 2 aromatic carbocycles. The van der Waals surface area contributed by atoms with Gasteiger partial charge in [-0.15, -0.1) is 11.3 Å². The molecule has 70 heavy (non-hydrogen) atoms. The molecule has 6 N–H and O–H groups in total. The molecule has 1 aliphatic carbocycles. The zero-order chi connectivity index (χ0) is 49.3. The van der Waals surface area contributed by atoms with Crippen molar-refractivity contribution in [3.63, 3.8) is 0 Å². The number of β-amino-alcohol motifs (C(OH)–C–C–N with tert-alkyl or cyclic N) is 1. The Morgan fingerprint density at radius 2 is 1.74 bits per heavy atom. The molecule has 6 heterocycles. The monoisotopic (exact) mass is 976 g/mol. The Labute approximate surface area is 407 Å². The topological polar surface area (TPSA) is 236 Å². The summed E-state index contributed by atoms with van der Waals surface area (Å²) in [5.74, 6) is -1.78. The minimum absolute atomic E-state index is 0.0167. The predicted molar refractivity (Wildman–Crippen MR) is 258 cm³/mol. The van der Waals surface area contributed by atoms with Crippen molar-refractivity contribution in [2.75, 3.05) is 51.3 Å². The van der Waals surface area contributed by atoms with Crippen LogP contribution >= 0.6 is 11.3 Å². The van der Waals surface area contributed by atoms with Crippen LogP contribution in [0.3, 0.4) is 0 Å². The highest BCUT2D eigenvalue weighted by Crippen LogP contribution is 2.41. The van der Waals surface area contributed by atoms with Crippen molar-refractivity contribution in [1.29, 1.82) is 0 Å². The van der Waals surface area contributed by atoms with Gasteiger partial charge in [0.25, 0.3) is 5.91 Å². The van der Waals surface area contributed by atoms with Crippen molar-refractivity contribution >= 4 is 52.1 Å². The number of likely N-dealkylation sites (tertiary alicyclic amines) is 1. The van der Waals surface area contributed by atoms with Crippen molar-refractivity contribution in [3.05, 3.63) is 101 Å². The van der Waals surface area contributed by atoms with Crippen LogP contribution in [0.5, 0.6) is 0 Å². The van der Waals surface area contributed by atoms with Crippen LogP contribution in [0.15, 0.2) is 72.8 Å².